The van der Waals surface area contributed by atoms with Crippen molar-refractivity contribution < 1.29 is 9.72 Å². The highest BCUT2D eigenvalue weighted by Crippen LogP contribution is 2.28. The summed E-state index contributed by atoms with van der Waals surface area (Å²) < 4.78 is 0. The Labute approximate surface area is 193 Å². The molecular weight excluding hydrogens is 444 g/mol. The molecule has 0 unspecified atom stereocenters. The molecule has 162 valence electrons. The van der Waals surface area contributed by atoms with E-state index in [1.54, 1.807) is 29.3 Å². The second-order valence-electron chi connectivity index (χ2n) is 7.24. The van der Waals surface area contributed by atoms with Crippen molar-refractivity contribution in [3.05, 3.63) is 75.2 Å². The smallest absolute Gasteiger partial charge is 0.270 e. The number of amides is 1. The van der Waals surface area contributed by atoms with Gasteiger partial charge in [-0.15, -0.1) is 23.1 Å². The van der Waals surface area contributed by atoms with Gasteiger partial charge in [-0.25, -0.2) is 9.97 Å². The number of carbonyl (C=O) groups is 1. The highest BCUT2D eigenvalue weighted by atomic mass is 32.2. The molecule has 0 aliphatic heterocycles. The second kappa shape index (κ2) is 9.46. The molecule has 0 radical (unpaired) electrons. The van der Waals surface area contributed by atoms with Crippen LogP contribution in [0.1, 0.15) is 17.5 Å². The maximum absolute atomic E-state index is 12.4. The highest BCUT2D eigenvalue weighted by molar-refractivity contribution is 7.99. The molecule has 0 fully saturated rings. The monoisotopic (exact) mass is 464 g/mol. The summed E-state index contributed by atoms with van der Waals surface area (Å²) in [6.45, 7) is 4.12. The van der Waals surface area contributed by atoms with E-state index in [2.05, 4.69) is 29.4 Å². The number of aromatic nitrogens is 2. The van der Waals surface area contributed by atoms with Gasteiger partial charge in [0.05, 0.1) is 21.2 Å². The molecule has 0 atom stereocenters. The number of fused-ring (bicyclic) bond motifs is 1. The normalized spacial score (nSPS) is 10.9. The Bertz CT molecular complexity index is 1320. The molecule has 9 heteroatoms. The molecule has 0 saturated carbocycles. The number of nitro benzene ring substituents is 1. The average molecular weight is 465 g/mol. The lowest BCUT2D eigenvalue weighted by Gasteiger charge is -2.08. The minimum absolute atomic E-state index is 0.00541. The van der Waals surface area contributed by atoms with Crippen LogP contribution in [0.15, 0.2) is 58.9 Å². The fraction of sp³-hybridized carbons (Fsp3) is 0.174. The van der Waals surface area contributed by atoms with Gasteiger partial charge in [-0.2, -0.15) is 0 Å². The molecule has 0 bridgehead atoms. The number of non-ortho nitro benzene ring substituents is 1. The lowest BCUT2D eigenvalue weighted by molar-refractivity contribution is -0.384. The number of nitro groups is 1. The van der Waals surface area contributed by atoms with Crippen molar-refractivity contribution >= 4 is 50.7 Å². The number of hydrogen-bond donors (Lipinski definition) is 1. The van der Waals surface area contributed by atoms with E-state index in [1.165, 1.54) is 29.0 Å². The minimum Gasteiger partial charge on any atom is -0.302 e. The Hall–Kier alpha value is -3.30. The third-order valence-electron chi connectivity index (χ3n) is 4.91. The Morgan fingerprint density at radius 3 is 2.75 bits per heavy atom. The van der Waals surface area contributed by atoms with Crippen molar-refractivity contribution in [2.75, 3.05) is 11.1 Å². The maximum atomic E-state index is 12.4. The number of thiazole rings is 1. The number of pyridine rings is 1. The molecule has 1 N–H and O–H groups in total. The number of para-hydroxylation sites is 1. The van der Waals surface area contributed by atoms with Crippen LogP contribution in [0.3, 0.4) is 0 Å². The molecule has 32 heavy (non-hydrogen) atoms. The summed E-state index contributed by atoms with van der Waals surface area (Å²) in [7, 11) is 0. The van der Waals surface area contributed by atoms with Crippen molar-refractivity contribution in [3.63, 3.8) is 0 Å². The fourth-order valence-electron chi connectivity index (χ4n) is 3.28. The van der Waals surface area contributed by atoms with Crippen LogP contribution in [-0.4, -0.2) is 26.6 Å². The number of aryl methyl sites for hydroxylation is 2. The van der Waals surface area contributed by atoms with E-state index in [4.69, 9.17) is 4.98 Å². The van der Waals surface area contributed by atoms with E-state index < -0.39 is 4.92 Å². The Kier molecular flexibility index (Phi) is 6.48. The summed E-state index contributed by atoms with van der Waals surface area (Å²) in [5.41, 5.74) is 4.53. The first-order valence-corrected chi connectivity index (χ1v) is 11.8. The molecular formula is C23H20N4O3S2. The number of benzene rings is 2. The second-order valence-corrected chi connectivity index (χ2v) is 9.21. The zero-order valence-electron chi connectivity index (χ0n) is 17.5. The van der Waals surface area contributed by atoms with Gasteiger partial charge in [-0.05, 0) is 31.0 Å². The molecule has 0 spiro atoms. The van der Waals surface area contributed by atoms with Crippen LogP contribution in [0.5, 0.6) is 0 Å². The van der Waals surface area contributed by atoms with Crippen LogP contribution in [0.25, 0.3) is 22.2 Å². The van der Waals surface area contributed by atoms with Gasteiger partial charge in [0, 0.05) is 40.6 Å². The number of carbonyl (C=O) groups excluding carboxylic acids is 1. The van der Waals surface area contributed by atoms with E-state index in [9.17, 15) is 14.9 Å². The highest BCUT2D eigenvalue weighted by Gasteiger charge is 2.12. The predicted octanol–water partition coefficient (Wildman–Crippen LogP) is 6.00. The zero-order chi connectivity index (χ0) is 22.7. The van der Waals surface area contributed by atoms with Gasteiger partial charge in [-0.3, -0.25) is 14.9 Å². The van der Waals surface area contributed by atoms with Crippen molar-refractivity contribution in [1.82, 2.24) is 9.97 Å². The predicted molar refractivity (Wildman–Crippen MR) is 129 cm³/mol. The molecule has 2 heterocycles. The number of thioether (sulfide) groups is 1. The summed E-state index contributed by atoms with van der Waals surface area (Å²) in [5.74, 6) is 0.463. The van der Waals surface area contributed by atoms with Gasteiger partial charge in [0.2, 0.25) is 5.91 Å². The lowest BCUT2D eigenvalue weighted by atomic mass is 10.1. The molecule has 0 saturated heterocycles. The zero-order valence-corrected chi connectivity index (χ0v) is 19.1. The topological polar surface area (TPSA) is 98.0 Å². The molecule has 4 aromatic rings. The van der Waals surface area contributed by atoms with Gasteiger partial charge in [0.1, 0.15) is 0 Å². The van der Waals surface area contributed by atoms with E-state index in [1.807, 2.05) is 19.1 Å². The minimum atomic E-state index is -0.441. The van der Waals surface area contributed by atoms with Crippen molar-refractivity contribution in [2.24, 2.45) is 0 Å². The van der Waals surface area contributed by atoms with Crippen LogP contribution in [0.4, 0.5) is 10.8 Å². The van der Waals surface area contributed by atoms with Gasteiger partial charge in [-0.1, -0.05) is 30.3 Å². The molecule has 1 amide bonds. The largest absolute Gasteiger partial charge is 0.302 e. The third-order valence-corrected chi connectivity index (χ3v) is 6.58. The number of rotatable bonds is 7. The number of anilines is 1. The van der Waals surface area contributed by atoms with Crippen LogP contribution in [0.2, 0.25) is 0 Å². The van der Waals surface area contributed by atoms with Crippen molar-refractivity contribution in [1.29, 1.82) is 0 Å². The summed E-state index contributed by atoms with van der Waals surface area (Å²) in [5, 5.41) is 18.1. The molecule has 0 aliphatic rings. The summed E-state index contributed by atoms with van der Waals surface area (Å²) in [6, 6.07) is 14.5. The molecule has 0 aliphatic carbocycles. The fourth-order valence-corrected chi connectivity index (χ4v) is 4.93. The maximum Gasteiger partial charge on any atom is 0.270 e. The number of hydrogen-bond acceptors (Lipinski definition) is 7. The summed E-state index contributed by atoms with van der Waals surface area (Å²) in [4.78, 5) is 32.0. The summed E-state index contributed by atoms with van der Waals surface area (Å²) in [6.07, 6.45) is 0.322. The molecule has 2 aromatic heterocycles. The Morgan fingerprint density at radius 1 is 1.12 bits per heavy atom. The quantitative estimate of drug-likeness (QED) is 0.204. The van der Waals surface area contributed by atoms with E-state index in [-0.39, 0.29) is 11.6 Å². The lowest BCUT2D eigenvalue weighted by Crippen LogP contribution is -2.12. The van der Waals surface area contributed by atoms with Crippen LogP contribution in [0, 0.1) is 24.0 Å². The van der Waals surface area contributed by atoms with Crippen LogP contribution >= 0.6 is 23.1 Å². The SMILES string of the molecule is Cc1cc(SCCC(=O)Nc2nc(-c3cccc([N+](=O)[O-])c3)cs2)nc2c(C)cccc12. The van der Waals surface area contributed by atoms with Crippen molar-refractivity contribution in [2.45, 2.75) is 25.3 Å². The average Bonchev–Trinajstić information content (AvgIpc) is 3.23. The van der Waals surface area contributed by atoms with Gasteiger partial charge >= 0.3 is 0 Å². The number of nitrogens with one attached hydrogen (secondary N) is 1. The van der Waals surface area contributed by atoms with Crippen molar-refractivity contribution in [3.8, 4) is 11.3 Å². The summed E-state index contributed by atoms with van der Waals surface area (Å²) >= 11 is 2.84. The molecule has 4 rings (SSSR count). The first kappa shape index (κ1) is 21.9. The Morgan fingerprint density at radius 2 is 1.94 bits per heavy atom. The van der Waals surface area contributed by atoms with Gasteiger partial charge in [0.25, 0.3) is 5.69 Å². The molecule has 7 nitrogen and oxygen atoms in total. The first-order valence-electron chi connectivity index (χ1n) is 9.90. The van der Waals surface area contributed by atoms with Gasteiger partial charge < -0.3 is 5.32 Å². The first-order chi connectivity index (χ1) is 15.4. The molecule has 2 aromatic carbocycles. The standard InChI is InChI=1S/C23H20N4O3S2/c1-14-5-3-8-18-15(2)11-21(26-22(14)18)31-10-9-20(28)25-23-24-19(13-32-23)16-6-4-7-17(12-16)27(29)30/h3-8,11-13H,9-10H2,1-2H3,(H,24,25,28). The van der Waals surface area contributed by atoms with E-state index in [0.29, 0.717) is 28.6 Å². The number of nitrogens with zero attached hydrogens (tertiary/aromatic N) is 3. The van der Waals surface area contributed by atoms with Gasteiger partial charge in [0.15, 0.2) is 5.13 Å². The van der Waals surface area contributed by atoms with Crippen LogP contribution in [-0.2, 0) is 4.79 Å². The third kappa shape index (κ3) is 4.95. The van der Waals surface area contributed by atoms with E-state index >= 15 is 0 Å². The van der Waals surface area contributed by atoms with E-state index in [0.717, 1.165) is 21.5 Å². The Balaban J connectivity index is 1.35. The van der Waals surface area contributed by atoms with Crippen LogP contribution < -0.4 is 5.32 Å².